The Bertz CT molecular complexity index is 675. The van der Waals surface area contributed by atoms with Crippen LogP contribution in [0.3, 0.4) is 0 Å². The van der Waals surface area contributed by atoms with E-state index in [9.17, 15) is 4.79 Å². The number of hydrogen-bond acceptors (Lipinski definition) is 3. The Balaban J connectivity index is 1.62. The standard InChI is InChI=1S/C17H18Cl2N2OS/c18-15-5-4-13(11-16(15)19)17(22)21-7-2-6-20(8-9-21)12-14-3-1-10-23-14/h1,3-5,10-11H,2,6-9,12H2. The third-order valence-electron chi connectivity index (χ3n) is 4.00. The Kier molecular flexibility index (Phi) is 5.59. The largest absolute Gasteiger partial charge is 0.337 e. The third-order valence-corrected chi connectivity index (χ3v) is 5.60. The summed E-state index contributed by atoms with van der Waals surface area (Å²) in [6.45, 7) is 4.39. The van der Waals surface area contributed by atoms with Gasteiger partial charge in [0, 0.05) is 43.2 Å². The Labute approximate surface area is 150 Å². The molecule has 23 heavy (non-hydrogen) atoms. The van der Waals surface area contributed by atoms with Crippen LogP contribution in [0.2, 0.25) is 10.0 Å². The van der Waals surface area contributed by atoms with Crippen molar-refractivity contribution in [3.05, 3.63) is 56.2 Å². The maximum atomic E-state index is 12.6. The molecule has 2 aromatic rings. The molecule has 1 aromatic heterocycles. The van der Waals surface area contributed by atoms with E-state index in [2.05, 4.69) is 22.4 Å². The molecule has 1 fully saturated rings. The lowest BCUT2D eigenvalue weighted by Gasteiger charge is -2.22. The van der Waals surface area contributed by atoms with Crippen LogP contribution >= 0.6 is 34.5 Å². The molecule has 0 bridgehead atoms. The lowest BCUT2D eigenvalue weighted by Crippen LogP contribution is -2.35. The van der Waals surface area contributed by atoms with Gasteiger partial charge < -0.3 is 4.90 Å². The van der Waals surface area contributed by atoms with E-state index in [1.807, 2.05) is 4.90 Å². The Hall–Kier alpha value is -1.07. The molecule has 2 heterocycles. The number of rotatable bonds is 3. The summed E-state index contributed by atoms with van der Waals surface area (Å²) in [4.78, 5) is 18.3. The number of nitrogens with zero attached hydrogens (tertiary/aromatic N) is 2. The Morgan fingerprint density at radius 2 is 1.96 bits per heavy atom. The maximum Gasteiger partial charge on any atom is 0.253 e. The van der Waals surface area contributed by atoms with Crippen molar-refractivity contribution in [1.82, 2.24) is 9.80 Å². The van der Waals surface area contributed by atoms with Crippen molar-refractivity contribution in [1.29, 1.82) is 0 Å². The lowest BCUT2D eigenvalue weighted by molar-refractivity contribution is 0.0761. The summed E-state index contributed by atoms with van der Waals surface area (Å²) in [5, 5.41) is 3.00. The van der Waals surface area contributed by atoms with Gasteiger partial charge in [-0.15, -0.1) is 11.3 Å². The van der Waals surface area contributed by atoms with Crippen LogP contribution in [0.5, 0.6) is 0 Å². The molecule has 0 radical (unpaired) electrons. The topological polar surface area (TPSA) is 23.6 Å². The van der Waals surface area contributed by atoms with E-state index in [1.54, 1.807) is 29.5 Å². The van der Waals surface area contributed by atoms with Crippen molar-refractivity contribution in [2.24, 2.45) is 0 Å². The lowest BCUT2D eigenvalue weighted by atomic mass is 10.2. The monoisotopic (exact) mass is 368 g/mol. The molecule has 0 unspecified atom stereocenters. The first-order valence-electron chi connectivity index (χ1n) is 7.62. The minimum absolute atomic E-state index is 0.0292. The molecule has 0 saturated carbocycles. The first-order chi connectivity index (χ1) is 11.1. The van der Waals surface area contributed by atoms with Gasteiger partial charge in [-0.05, 0) is 36.1 Å². The van der Waals surface area contributed by atoms with Crippen LogP contribution in [0.25, 0.3) is 0 Å². The number of benzene rings is 1. The maximum absolute atomic E-state index is 12.6. The highest BCUT2D eigenvalue weighted by Gasteiger charge is 2.21. The normalized spacial score (nSPS) is 16.3. The van der Waals surface area contributed by atoms with Crippen molar-refractivity contribution in [3.8, 4) is 0 Å². The van der Waals surface area contributed by atoms with E-state index in [0.717, 1.165) is 39.1 Å². The van der Waals surface area contributed by atoms with Crippen molar-refractivity contribution < 1.29 is 4.79 Å². The molecule has 6 heteroatoms. The average Bonchev–Trinajstić information content (AvgIpc) is 2.94. The molecule has 0 aliphatic carbocycles. The average molecular weight is 369 g/mol. The van der Waals surface area contributed by atoms with E-state index >= 15 is 0 Å². The number of hydrogen-bond donors (Lipinski definition) is 0. The predicted octanol–water partition coefficient (Wildman–Crippen LogP) is 4.40. The summed E-state index contributed by atoms with van der Waals surface area (Å²) in [5.41, 5.74) is 0.603. The van der Waals surface area contributed by atoms with Gasteiger partial charge in [-0.3, -0.25) is 9.69 Å². The van der Waals surface area contributed by atoms with E-state index in [-0.39, 0.29) is 5.91 Å². The van der Waals surface area contributed by atoms with Gasteiger partial charge in [0.15, 0.2) is 0 Å². The van der Waals surface area contributed by atoms with Gasteiger partial charge in [0.1, 0.15) is 0 Å². The molecule has 1 aliphatic rings. The summed E-state index contributed by atoms with van der Waals surface area (Å²) >= 11 is 13.7. The van der Waals surface area contributed by atoms with Crippen molar-refractivity contribution in [2.75, 3.05) is 26.2 Å². The van der Waals surface area contributed by atoms with Gasteiger partial charge >= 0.3 is 0 Å². The highest BCUT2D eigenvalue weighted by Crippen LogP contribution is 2.23. The fourth-order valence-electron chi connectivity index (χ4n) is 2.77. The van der Waals surface area contributed by atoms with Crippen LogP contribution in [0.15, 0.2) is 35.7 Å². The van der Waals surface area contributed by atoms with E-state index in [0.29, 0.717) is 15.6 Å². The zero-order chi connectivity index (χ0) is 16.2. The molecule has 0 spiro atoms. The van der Waals surface area contributed by atoms with Crippen LogP contribution in [-0.4, -0.2) is 41.9 Å². The Morgan fingerprint density at radius 3 is 2.70 bits per heavy atom. The molecular weight excluding hydrogens is 351 g/mol. The molecule has 1 aromatic carbocycles. The van der Waals surface area contributed by atoms with Crippen LogP contribution in [-0.2, 0) is 6.54 Å². The zero-order valence-corrected chi connectivity index (χ0v) is 15.0. The fraction of sp³-hybridized carbons (Fsp3) is 0.353. The van der Waals surface area contributed by atoms with Crippen LogP contribution < -0.4 is 0 Å². The molecule has 0 atom stereocenters. The van der Waals surface area contributed by atoms with E-state index in [1.165, 1.54) is 4.88 Å². The molecule has 1 saturated heterocycles. The van der Waals surface area contributed by atoms with E-state index < -0.39 is 0 Å². The van der Waals surface area contributed by atoms with Gasteiger partial charge in [0.05, 0.1) is 10.0 Å². The molecule has 122 valence electrons. The number of halogens is 2. The van der Waals surface area contributed by atoms with Crippen molar-refractivity contribution in [3.63, 3.8) is 0 Å². The van der Waals surface area contributed by atoms with Gasteiger partial charge in [0.2, 0.25) is 0 Å². The molecule has 1 amide bonds. The summed E-state index contributed by atoms with van der Waals surface area (Å²) in [5.74, 6) is 0.0292. The first-order valence-corrected chi connectivity index (χ1v) is 9.26. The molecule has 0 N–H and O–H groups in total. The highest BCUT2D eigenvalue weighted by molar-refractivity contribution is 7.09. The van der Waals surface area contributed by atoms with Gasteiger partial charge in [0.25, 0.3) is 5.91 Å². The second-order valence-electron chi connectivity index (χ2n) is 5.63. The number of amides is 1. The molecule has 1 aliphatic heterocycles. The minimum Gasteiger partial charge on any atom is -0.337 e. The second kappa shape index (κ2) is 7.67. The molecular formula is C17H18Cl2N2OS. The van der Waals surface area contributed by atoms with Crippen molar-refractivity contribution >= 4 is 40.4 Å². The second-order valence-corrected chi connectivity index (χ2v) is 7.48. The number of carbonyl (C=O) groups excluding carboxylic acids is 1. The summed E-state index contributed by atoms with van der Waals surface area (Å²) in [7, 11) is 0. The summed E-state index contributed by atoms with van der Waals surface area (Å²) < 4.78 is 0. The van der Waals surface area contributed by atoms with Crippen LogP contribution in [0, 0.1) is 0 Å². The number of carbonyl (C=O) groups is 1. The van der Waals surface area contributed by atoms with Gasteiger partial charge in [-0.1, -0.05) is 29.3 Å². The predicted molar refractivity (Wildman–Crippen MR) is 96.6 cm³/mol. The van der Waals surface area contributed by atoms with Gasteiger partial charge in [-0.2, -0.15) is 0 Å². The SMILES string of the molecule is O=C(c1ccc(Cl)c(Cl)c1)N1CCCN(Cc2cccs2)CC1. The number of thiophene rings is 1. The van der Waals surface area contributed by atoms with E-state index in [4.69, 9.17) is 23.2 Å². The van der Waals surface area contributed by atoms with Crippen molar-refractivity contribution in [2.45, 2.75) is 13.0 Å². The highest BCUT2D eigenvalue weighted by atomic mass is 35.5. The zero-order valence-electron chi connectivity index (χ0n) is 12.7. The fourth-order valence-corrected chi connectivity index (χ4v) is 3.81. The minimum atomic E-state index is 0.0292. The summed E-state index contributed by atoms with van der Waals surface area (Å²) in [6.07, 6.45) is 0.985. The van der Waals surface area contributed by atoms with Crippen LogP contribution in [0.1, 0.15) is 21.7 Å². The third kappa shape index (κ3) is 4.27. The molecule has 3 rings (SSSR count). The van der Waals surface area contributed by atoms with Gasteiger partial charge in [-0.25, -0.2) is 0 Å². The smallest absolute Gasteiger partial charge is 0.253 e. The Morgan fingerprint density at radius 1 is 1.09 bits per heavy atom. The summed E-state index contributed by atoms with van der Waals surface area (Å²) in [6, 6.07) is 9.32. The molecule has 3 nitrogen and oxygen atoms in total. The quantitative estimate of drug-likeness (QED) is 0.801. The first kappa shape index (κ1) is 16.8. The van der Waals surface area contributed by atoms with Crippen LogP contribution in [0.4, 0.5) is 0 Å².